The fourth-order valence-corrected chi connectivity index (χ4v) is 4.21. The molecule has 92 valence electrons. The minimum atomic E-state index is 0.742. The molecule has 3 heterocycles. The Morgan fingerprint density at radius 3 is 3.12 bits per heavy atom. The van der Waals surface area contributed by atoms with Crippen LogP contribution in [0.1, 0.15) is 12.8 Å². The molecule has 0 aromatic rings. The number of hydrogen-bond acceptors (Lipinski definition) is 4. The molecular weight excluding hydrogens is 218 g/mol. The van der Waals surface area contributed by atoms with E-state index in [-0.39, 0.29) is 0 Å². The number of fused-ring (bicyclic) bond motifs is 1. The molecule has 2 unspecified atom stereocenters. The zero-order valence-electron chi connectivity index (χ0n) is 10.0. The second-order valence-electron chi connectivity index (χ2n) is 5.32. The molecule has 1 N–H and O–H groups in total. The number of piperazine rings is 1. The summed E-state index contributed by atoms with van der Waals surface area (Å²) >= 11 is 2.11. The summed E-state index contributed by atoms with van der Waals surface area (Å²) in [5.41, 5.74) is 0. The molecule has 0 aromatic heterocycles. The molecule has 0 aromatic carbocycles. The minimum absolute atomic E-state index is 0.742. The van der Waals surface area contributed by atoms with E-state index in [9.17, 15) is 0 Å². The summed E-state index contributed by atoms with van der Waals surface area (Å²) in [5, 5.41) is 3.65. The molecular formula is C12H23N3S. The predicted molar refractivity (Wildman–Crippen MR) is 70.2 cm³/mol. The summed E-state index contributed by atoms with van der Waals surface area (Å²) in [5.74, 6) is 2.61. The Morgan fingerprint density at radius 2 is 2.25 bits per heavy atom. The third-order valence-corrected chi connectivity index (χ3v) is 5.28. The SMILES string of the molecule is C1CC2CN(CC3CSCCN3)CCN2C1. The molecule has 2 atom stereocenters. The second-order valence-corrected chi connectivity index (χ2v) is 6.47. The first-order valence-electron chi connectivity index (χ1n) is 6.69. The van der Waals surface area contributed by atoms with Crippen molar-refractivity contribution < 1.29 is 0 Å². The van der Waals surface area contributed by atoms with Gasteiger partial charge in [-0.2, -0.15) is 11.8 Å². The van der Waals surface area contributed by atoms with E-state index in [2.05, 4.69) is 26.9 Å². The average Bonchev–Trinajstić information content (AvgIpc) is 2.77. The normalized spacial score (nSPS) is 37.5. The molecule has 0 bridgehead atoms. The van der Waals surface area contributed by atoms with Gasteiger partial charge in [0.25, 0.3) is 0 Å². The third-order valence-electron chi connectivity index (χ3n) is 4.15. The first kappa shape index (κ1) is 11.3. The van der Waals surface area contributed by atoms with Gasteiger partial charge in [0, 0.05) is 56.3 Å². The van der Waals surface area contributed by atoms with Crippen molar-refractivity contribution in [1.82, 2.24) is 15.1 Å². The Kier molecular flexibility index (Phi) is 3.72. The van der Waals surface area contributed by atoms with Crippen molar-refractivity contribution >= 4 is 11.8 Å². The van der Waals surface area contributed by atoms with Crippen LogP contribution >= 0.6 is 11.8 Å². The summed E-state index contributed by atoms with van der Waals surface area (Å²) in [4.78, 5) is 5.38. The van der Waals surface area contributed by atoms with Gasteiger partial charge in [0.2, 0.25) is 0 Å². The summed E-state index contributed by atoms with van der Waals surface area (Å²) in [6.45, 7) is 7.76. The number of thioether (sulfide) groups is 1. The zero-order valence-corrected chi connectivity index (χ0v) is 10.8. The molecule has 3 aliphatic heterocycles. The van der Waals surface area contributed by atoms with E-state index in [0.29, 0.717) is 0 Å². The summed E-state index contributed by atoms with van der Waals surface area (Å²) in [7, 11) is 0. The van der Waals surface area contributed by atoms with Crippen molar-refractivity contribution in [2.75, 3.05) is 50.8 Å². The van der Waals surface area contributed by atoms with Gasteiger partial charge in [-0.1, -0.05) is 0 Å². The van der Waals surface area contributed by atoms with Gasteiger partial charge in [0.15, 0.2) is 0 Å². The molecule has 0 aliphatic carbocycles. The molecule has 0 radical (unpaired) electrons. The van der Waals surface area contributed by atoms with E-state index < -0.39 is 0 Å². The average molecular weight is 241 g/mol. The third kappa shape index (κ3) is 2.55. The molecule has 4 heteroatoms. The maximum Gasteiger partial charge on any atom is 0.0285 e. The van der Waals surface area contributed by atoms with Crippen molar-refractivity contribution in [2.24, 2.45) is 0 Å². The molecule has 0 spiro atoms. The van der Waals surface area contributed by atoms with Crippen LogP contribution in [-0.2, 0) is 0 Å². The van der Waals surface area contributed by atoms with Gasteiger partial charge in [0.1, 0.15) is 0 Å². The smallest absolute Gasteiger partial charge is 0.0285 e. The fraction of sp³-hybridized carbons (Fsp3) is 1.00. The highest BCUT2D eigenvalue weighted by Crippen LogP contribution is 2.21. The van der Waals surface area contributed by atoms with Crippen molar-refractivity contribution in [3.05, 3.63) is 0 Å². The zero-order chi connectivity index (χ0) is 10.8. The van der Waals surface area contributed by atoms with Crippen LogP contribution in [0.15, 0.2) is 0 Å². The monoisotopic (exact) mass is 241 g/mol. The van der Waals surface area contributed by atoms with E-state index in [1.807, 2.05) is 0 Å². The van der Waals surface area contributed by atoms with Gasteiger partial charge in [-0.25, -0.2) is 0 Å². The highest BCUT2D eigenvalue weighted by molar-refractivity contribution is 7.99. The largest absolute Gasteiger partial charge is 0.311 e. The Labute approximate surface area is 103 Å². The number of nitrogens with one attached hydrogen (secondary N) is 1. The van der Waals surface area contributed by atoms with Crippen LogP contribution in [0.5, 0.6) is 0 Å². The fourth-order valence-electron chi connectivity index (χ4n) is 3.27. The highest BCUT2D eigenvalue weighted by atomic mass is 32.2. The van der Waals surface area contributed by atoms with Crippen LogP contribution in [0.2, 0.25) is 0 Å². The van der Waals surface area contributed by atoms with Crippen LogP contribution < -0.4 is 5.32 Å². The summed E-state index contributed by atoms with van der Waals surface area (Å²) in [6, 6.07) is 1.62. The van der Waals surface area contributed by atoms with Crippen molar-refractivity contribution in [3.63, 3.8) is 0 Å². The van der Waals surface area contributed by atoms with Gasteiger partial charge in [0.05, 0.1) is 0 Å². The van der Waals surface area contributed by atoms with Crippen LogP contribution in [0.4, 0.5) is 0 Å². The molecule has 0 amide bonds. The van der Waals surface area contributed by atoms with Gasteiger partial charge in [-0.3, -0.25) is 9.80 Å². The Balaban J connectivity index is 1.48. The van der Waals surface area contributed by atoms with E-state index in [1.54, 1.807) is 0 Å². The molecule has 16 heavy (non-hydrogen) atoms. The molecule has 3 fully saturated rings. The quantitative estimate of drug-likeness (QED) is 0.757. The Morgan fingerprint density at radius 1 is 1.25 bits per heavy atom. The molecule has 0 saturated carbocycles. The van der Waals surface area contributed by atoms with Gasteiger partial charge in [-0.15, -0.1) is 0 Å². The maximum absolute atomic E-state index is 3.65. The first-order chi connectivity index (χ1) is 7.92. The second kappa shape index (κ2) is 5.25. The summed E-state index contributed by atoms with van der Waals surface area (Å²) < 4.78 is 0. The lowest BCUT2D eigenvalue weighted by atomic mass is 10.1. The van der Waals surface area contributed by atoms with Crippen molar-refractivity contribution in [2.45, 2.75) is 24.9 Å². The van der Waals surface area contributed by atoms with E-state index in [0.717, 1.165) is 12.1 Å². The molecule has 3 aliphatic rings. The lowest BCUT2D eigenvalue weighted by Gasteiger charge is -2.39. The van der Waals surface area contributed by atoms with Crippen LogP contribution in [-0.4, -0.2) is 72.7 Å². The topological polar surface area (TPSA) is 18.5 Å². The highest BCUT2D eigenvalue weighted by Gasteiger charge is 2.31. The van der Waals surface area contributed by atoms with Gasteiger partial charge < -0.3 is 5.32 Å². The standard InChI is InChI=1S/C12H23N3S/c1-2-12-9-14(5-6-15(12)4-1)8-11-10-16-7-3-13-11/h11-13H,1-10H2. The lowest BCUT2D eigenvalue weighted by molar-refractivity contribution is 0.0983. The number of hydrogen-bond donors (Lipinski definition) is 1. The maximum atomic E-state index is 3.65. The predicted octanol–water partition coefficient (Wildman–Crippen LogP) is 0.471. The molecule has 3 rings (SSSR count). The number of nitrogens with zero attached hydrogens (tertiary/aromatic N) is 2. The first-order valence-corrected chi connectivity index (χ1v) is 7.85. The van der Waals surface area contributed by atoms with Crippen LogP contribution in [0.3, 0.4) is 0 Å². The van der Waals surface area contributed by atoms with E-state index in [4.69, 9.17) is 0 Å². The Hall–Kier alpha value is 0.230. The number of rotatable bonds is 2. The molecule has 3 saturated heterocycles. The van der Waals surface area contributed by atoms with Gasteiger partial charge in [-0.05, 0) is 19.4 Å². The Bertz CT molecular complexity index is 230. The van der Waals surface area contributed by atoms with Crippen molar-refractivity contribution in [1.29, 1.82) is 0 Å². The van der Waals surface area contributed by atoms with Crippen LogP contribution in [0, 0.1) is 0 Å². The lowest BCUT2D eigenvalue weighted by Crippen LogP contribution is -2.54. The molecule has 3 nitrogen and oxygen atoms in total. The summed E-state index contributed by atoms with van der Waals surface area (Å²) in [6.07, 6.45) is 2.86. The minimum Gasteiger partial charge on any atom is -0.311 e. The van der Waals surface area contributed by atoms with E-state index in [1.165, 1.54) is 63.6 Å². The van der Waals surface area contributed by atoms with Gasteiger partial charge >= 0.3 is 0 Å². The van der Waals surface area contributed by atoms with E-state index >= 15 is 0 Å². The van der Waals surface area contributed by atoms with Crippen LogP contribution in [0.25, 0.3) is 0 Å². The van der Waals surface area contributed by atoms with Crippen molar-refractivity contribution in [3.8, 4) is 0 Å².